The molecule has 160 valence electrons. The van der Waals surface area contributed by atoms with Gasteiger partial charge in [0.05, 0.1) is 0 Å². The minimum atomic E-state index is -1.94. The van der Waals surface area contributed by atoms with Gasteiger partial charge in [-0.05, 0) is 45.7 Å². The summed E-state index contributed by atoms with van der Waals surface area (Å²) in [4.78, 5) is 29.5. The van der Waals surface area contributed by atoms with Crippen molar-refractivity contribution in [2.45, 2.75) is 57.7 Å². The molecule has 0 aliphatic carbocycles. The molecule has 2 fully saturated rings. The number of hydrazine groups is 1. The number of rotatable bonds is 3. The molecule has 0 aromatic carbocycles. The van der Waals surface area contributed by atoms with Crippen molar-refractivity contribution in [3.8, 4) is 0 Å². The maximum atomic E-state index is 15.4. The Bertz CT molecular complexity index is 767. The van der Waals surface area contributed by atoms with Crippen LogP contribution in [0.5, 0.6) is 0 Å². The lowest BCUT2D eigenvalue weighted by Gasteiger charge is -2.37. The minimum absolute atomic E-state index is 0.0653. The third-order valence-electron chi connectivity index (χ3n) is 5.14. The van der Waals surface area contributed by atoms with E-state index in [1.807, 2.05) is 0 Å². The molecule has 3 heterocycles. The van der Waals surface area contributed by atoms with E-state index in [9.17, 15) is 14.0 Å². The van der Waals surface area contributed by atoms with Crippen molar-refractivity contribution in [1.29, 1.82) is 0 Å². The van der Waals surface area contributed by atoms with Gasteiger partial charge in [0.25, 0.3) is 5.91 Å². The highest BCUT2D eigenvalue weighted by atomic mass is 19.1. The Hall–Kier alpha value is -2.29. The van der Waals surface area contributed by atoms with Gasteiger partial charge >= 0.3 is 6.09 Å². The summed E-state index contributed by atoms with van der Waals surface area (Å²) in [6.45, 7) is 7.00. The first-order valence-corrected chi connectivity index (χ1v) is 9.97. The number of nitrogens with zero attached hydrogens (tertiary/aromatic N) is 3. The van der Waals surface area contributed by atoms with Crippen molar-refractivity contribution in [3.05, 3.63) is 29.3 Å². The molecule has 2 saturated heterocycles. The molecule has 0 saturated carbocycles. The zero-order valence-electron chi connectivity index (χ0n) is 17.1. The Kier molecular flexibility index (Phi) is 6.07. The Morgan fingerprint density at radius 3 is 2.31 bits per heavy atom. The highest BCUT2D eigenvalue weighted by molar-refractivity contribution is 5.91. The van der Waals surface area contributed by atoms with Crippen LogP contribution in [0, 0.1) is 5.95 Å². The summed E-state index contributed by atoms with van der Waals surface area (Å²) in [5.74, 6) is -1.50. The fraction of sp³-hybridized carbons (Fsp3) is 0.650. The van der Waals surface area contributed by atoms with Gasteiger partial charge in [-0.25, -0.2) is 19.2 Å². The van der Waals surface area contributed by atoms with E-state index in [0.29, 0.717) is 0 Å². The quantitative estimate of drug-likeness (QED) is 0.775. The van der Waals surface area contributed by atoms with E-state index in [0.717, 1.165) is 25.9 Å². The summed E-state index contributed by atoms with van der Waals surface area (Å²) in [5, 5.41) is 1.76. The van der Waals surface area contributed by atoms with E-state index in [2.05, 4.69) is 10.4 Å². The van der Waals surface area contributed by atoms with Gasteiger partial charge < -0.3 is 9.64 Å². The third-order valence-corrected chi connectivity index (χ3v) is 5.14. The van der Waals surface area contributed by atoms with E-state index < -0.39 is 29.2 Å². The van der Waals surface area contributed by atoms with Crippen molar-refractivity contribution < 1.29 is 23.1 Å². The first-order chi connectivity index (χ1) is 13.6. The lowest BCUT2D eigenvalue weighted by atomic mass is 9.87. The number of amides is 2. The van der Waals surface area contributed by atoms with Crippen LogP contribution in [0.1, 0.15) is 62.5 Å². The molecule has 0 bridgehead atoms. The van der Waals surface area contributed by atoms with Crippen LogP contribution in [-0.4, -0.2) is 58.7 Å². The van der Waals surface area contributed by atoms with E-state index in [-0.39, 0.29) is 37.2 Å². The predicted molar refractivity (Wildman–Crippen MR) is 102 cm³/mol. The van der Waals surface area contributed by atoms with Crippen molar-refractivity contribution in [2.75, 3.05) is 26.2 Å². The molecule has 7 nitrogen and oxygen atoms in total. The van der Waals surface area contributed by atoms with Crippen LogP contribution in [0.15, 0.2) is 12.1 Å². The van der Waals surface area contributed by atoms with Crippen LogP contribution in [0.3, 0.4) is 0 Å². The van der Waals surface area contributed by atoms with E-state index >= 15 is 4.39 Å². The molecular formula is C20H28F2N4O3. The van der Waals surface area contributed by atoms with Crippen molar-refractivity contribution in [2.24, 2.45) is 0 Å². The van der Waals surface area contributed by atoms with E-state index in [1.54, 1.807) is 25.8 Å². The highest BCUT2D eigenvalue weighted by Gasteiger charge is 2.41. The number of pyridine rings is 1. The number of alkyl halides is 1. The molecule has 1 N–H and O–H groups in total. The molecule has 29 heavy (non-hydrogen) atoms. The maximum absolute atomic E-state index is 15.4. The molecular weight excluding hydrogens is 382 g/mol. The number of piperidine rings is 1. The van der Waals surface area contributed by atoms with Gasteiger partial charge in [0.1, 0.15) is 17.0 Å². The lowest BCUT2D eigenvalue weighted by molar-refractivity contribution is 0.00132. The summed E-state index contributed by atoms with van der Waals surface area (Å²) in [5.41, 5.74) is -0.171. The summed E-state index contributed by atoms with van der Waals surface area (Å²) in [6.07, 6.45) is 1.35. The van der Waals surface area contributed by atoms with Gasteiger partial charge in [0, 0.05) is 44.6 Å². The highest BCUT2D eigenvalue weighted by Crippen LogP contribution is 2.38. The molecule has 2 amide bonds. The molecule has 0 unspecified atom stereocenters. The Morgan fingerprint density at radius 2 is 1.76 bits per heavy atom. The molecule has 9 heteroatoms. The van der Waals surface area contributed by atoms with Gasteiger partial charge in [-0.3, -0.25) is 10.2 Å². The van der Waals surface area contributed by atoms with E-state index in [1.165, 1.54) is 17.0 Å². The van der Waals surface area contributed by atoms with Crippen molar-refractivity contribution in [1.82, 2.24) is 20.3 Å². The van der Waals surface area contributed by atoms with Gasteiger partial charge in [-0.1, -0.05) is 0 Å². The third kappa shape index (κ3) is 5.20. The number of ether oxygens (including phenoxy) is 1. The SMILES string of the molecule is CC(C)(C)OC(=O)N1CCC(F)(c2ccc(C(=O)NN3CCCC3)nc2F)CC1. The summed E-state index contributed by atoms with van der Waals surface area (Å²) in [6, 6.07) is 2.62. The Balaban J connectivity index is 1.64. The van der Waals surface area contributed by atoms with Crippen LogP contribution >= 0.6 is 0 Å². The molecule has 2 aliphatic rings. The second kappa shape index (κ2) is 8.22. The number of likely N-dealkylation sites (tertiary alicyclic amines) is 1. The molecule has 2 aliphatic heterocycles. The molecule has 1 aromatic heterocycles. The largest absolute Gasteiger partial charge is 0.444 e. The average molecular weight is 410 g/mol. The van der Waals surface area contributed by atoms with Crippen LogP contribution in [0.2, 0.25) is 0 Å². The molecule has 3 rings (SSSR count). The smallest absolute Gasteiger partial charge is 0.410 e. The molecule has 0 spiro atoms. The van der Waals surface area contributed by atoms with Crippen LogP contribution < -0.4 is 5.43 Å². The number of aromatic nitrogens is 1. The Morgan fingerprint density at radius 1 is 1.14 bits per heavy atom. The predicted octanol–water partition coefficient (Wildman–Crippen LogP) is 3.16. The number of hydrogen-bond donors (Lipinski definition) is 1. The molecule has 0 radical (unpaired) electrons. The monoisotopic (exact) mass is 410 g/mol. The molecule has 1 aromatic rings. The standard InChI is InChI=1S/C20H28F2N4O3/c1-19(2,3)29-18(28)25-12-8-20(22,9-13-25)14-6-7-15(23-16(14)21)17(27)24-26-10-4-5-11-26/h6-7H,4-5,8-13H2,1-3H3,(H,24,27). The zero-order valence-corrected chi connectivity index (χ0v) is 17.1. The summed E-state index contributed by atoms with van der Waals surface area (Å²) >= 11 is 0. The zero-order chi connectivity index (χ0) is 21.2. The van der Waals surface area contributed by atoms with Crippen LogP contribution in [0.4, 0.5) is 13.6 Å². The van der Waals surface area contributed by atoms with Crippen LogP contribution in [0.25, 0.3) is 0 Å². The van der Waals surface area contributed by atoms with Gasteiger partial charge in [0.15, 0.2) is 0 Å². The van der Waals surface area contributed by atoms with Crippen molar-refractivity contribution >= 4 is 12.0 Å². The summed E-state index contributed by atoms with van der Waals surface area (Å²) in [7, 11) is 0. The number of carbonyl (C=O) groups is 2. The number of carbonyl (C=O) groups excluding carboxylic acids is 2. The number of nitrogens with one attached hydrogen (secondary N) is 1. The van der Waals surface area contributed by atoms with Gasteiger partial charge in [-0.2, -0.15) is 4.39 Å². The Labute approximate surface area is 169 Å². The summed E-state index contributed by atoms with van der Waals surface area (Å²) < 4.78 is 35.3. The normalized spacial score (nSPS) is 19.8. The first kappa shape index (κ1) is 21.4. The number of hydrogen-bond acceptors (Lipinski definition) is 5. The van der Waals surface area contributed by atoms with Gasteiger partial charge in [0.2, 0.25) is 5.95 Å². The average Bonchev–Trinajstić information content (AvgIpc) is 3.13. The molecule has 0 atom stereocenters. The van der Waals surface area contributed by atoms with Crippen LogP contribution in [-0.2, 0) is 10.4 Å². The van der Waals surface area contributed by atoms with E-state index in [4.69, 9.17) is 4.74 Å². The van der Waals surface area contributed by atoms with Gasteiger partial charge in [-0.15, -0.1) is 0 Å². The topological polar surface area (TPSA) is 74.8 Å². The first-order valence-electron chi connectivity index (χ1n) is 9.97. The van der Waals surface area contributed by atoms with Crippen molar-refractivity contribution in [3.63, 3.8) is 0 Å². The fourth-order valence-corrected chi connectivity index (χ4v) is 3.56. The fourth-order valence-electron chi connectivity index (χ4n) is 3.56. The second-order valence-corrected chi connectivity index (χ2v) is 8.60. The number of halogens is 2. The second-order valence-electron chi connectivity index (χ2n) is 8.60. The lowest BCUT2D eigenvalue weighted by Crippen LogP contribution is -2.45. The maximum Gasteiger partial charge on any atom is 0.410 e. The minimum Gasteiger partial charge on any atom is -0.444 e.